The Kier molecular flexibility index (Phi) is 6.36. The van der Waals surface area contributed by atoms with Gasteiger partial charge in [0.2, 0.25) is 5.95 Å². The van der Waals surface area contributed by atoms with Gasteiger partial charge in [0.25, 0.3) is 0 Å². The van der Waals surface area contributed by atoms with Crippen molar-refractivity contribution in [3.8, 4) is 34.0 Å². The quantitative estimate of drug-likeness (QED) is 0.332. The summed E-state index contributed by atoms with van der Waals surface area (Å²) in [4.78, 5) is 13.4. The topological polar surface area (TPSA) is 81.5 Å². The van der Waals surface area contributed by atoms with Crippen molar-refractivity contribution in [2.75, 3.05) is 19.6 Å². The number of rotatable bonds is 7. The molecule has 4 rings (SSSR count). The fourth-order valence-electron chi connectivity index (χ4n) is 3.13. The number of anilines is 1. The number of methoxy groups -OCH3 is 2. The van der Waals surface area contributed by atoms with Crippen LogP contribution in [-0.2, 0) is 0 Å². The lowest BCUT2D eigenvalue weighted by Gasteiger charge is -2.11. The lowest BCUT2D eigenvalue weighted by atomic mass is 10.1. The molecule has 0 unspecified atom stereocenters. The SMILES string of the molecule is COc1ccc(-c2cc(-c3ccc(C)cc3)nc(NN=Cc3cccnc3)n2)cc1OC. The van der Waals surface area contributed by atoms with E-state index < -0.39 is 0 Å². The fourth-order valence-corrected chi connectivity index (χ4v) is 3.13. The first-order valence-electron chi connectivity index (χ1n) is 10.0. The van der Waals surface area contributed by atoms with Crippen molar-refractivity contribution in [1.29, 1.82) is 0 Å². The molecule has 0 spiro atoms. The van der Waals surface area contributed by atoms with Crippen LogP contribution in [0, 0.1) is 6.92 Å². The summed E-state index contributed by atoms with van der Waals surface area (Å²) in [5, 5.41) is 4.27. The number of hydrogen-bond acceptors (Lipinski definition) is 7. The van der Waals surface area contributed by atoms with Crippen LogP contribution in [0.15, 0.2) is 78.2 Å². The molecule has 7 nitrogen and oxygen atoms in total. The normalized spacial score (nSPS) is 10.8. The maximum absolute atomic E-state index is 5.46. The van der Waals surface area contributed by atoms with Crippen LogP contribution in [0.4, 0.5) is 5.95 Å². The third-order valence-corrected chi connectivity index (χ3v) is 4.82. The van der Waals surface area contributed by atoms with Crippen LogP contribution >= 0.6 is 0 Å². The van der Waals surface area contributed by atoms with Gasteiger partial charge in [0.05, 0.1) is 31.8 Å². The van der Waals surface area contributed by atoms with E-state index in [2.05, 4.69) is 44.5 Å². The Labute approximate surface area is 186 Å². The molecule has 0 radical (unpaired) electrons. The average Bonchev–Trinajstić information content (AvgIpc) is 2.84. The summed E-state index contributed by atoms with van der Waals surface area (Å²) >= 11 is 0. The Bertz CT molecular complexity index is 1230. The molecule has 2 aromatic carbocycles. The van der Waals surface area contributed by atoms with Crippen LogP contribution in [0.2, 0.25) is 0 Å². The Hall–Kier alpha value is -4.26. The van der Waals surface area contributed by atoms with Crippen molar-refractivity contribution < 1.29 is 9.47 Å². The summed E-state index contributed by atoms with van der Waals surface area (Å²) in [6.45, 7) is 2.05. The number of hydrazone groups is 1. The van der Waals surface area contributed by atoms with Gasteiger partial charge in [0.1, 0.15) is 0 Å². The predicted molar refractivity (Wildman–Crippen MR) is 126 cm³/mol. The maximum Gasteiger partial charge on any atom is 0.244 e. The molecule has 1 N–H and O–H groups in total. The summed E-state index contributed by atoms with van der Waals surface area (Å²) in [6, 6.07) is 19.6. The van der Waals surface area contributed by atoms with E-state index in [9.17, 15) is 0 Å². The molecule has 0 fully saturated rings. The number of nitrogens with zero attached hydrogens (tertiary/aromatic N) is 4. The summed E-state index contributed by atoms with van der Waals surface area (Å²) in [5.41, 5.74) is 8.36. The largest absolute Gasteiger partial charge is 0.493 e. The van der Waals surface area contributed by atoms with Gasteiger partial charge in [-0.05, 0) is 37.3 Å². The zero-order valence-electron chi connectivity index (χ0n) is 18.1. The maximum atomic E-state index is 5.46. The first-order valence-corrected chi connectivity index (χ1v) is 10.0. The van der Waals surface area contributed by atoms with Crippen LogP contribution in [0.25, 0.3) is 22.5 Å². The highest BCUT2D eigenvalue weighted by Gasteiger charge is 2.11. The summed E-state index contributed by atoms with van der Waals surface area (Å²) in [5.74, 6) is 1.67. The molecular formula is C25H23N5O2. The zero-order chi connectivity index (χ0) is 22.3. The van der Waals surface area contributed by atoms with E-state index in [1.54, 1.807) is 32.8 Å². The number of aryl methyl sites for hydroxylation is 1. The van der Waals surface area contributed by atoms with Gasteiger partial charge in [-0.1, -0.05) is 35.9 Å². The van der Waals surface area contributed by atoms with Crippen molar-refractivity contribution in [2.45, 2.75) is 6.92 Å². The standard InChI is InChI=1S/C25H23N5O2/c1-17-6-8-19(9-7-17)21-14-22(20-10-11-23(31-2)24(13-20)32-3)29-25(28-21)30-27-16-18-5-4-12-26-15-18/h4-16H,1-3H3,(H,28,29,30). The van der Waals surface area contributed by atoms with Crippen molar-refractivity contribution in [1.82, 2.24) is 15.0 Å². The van der Waals surface area contributed by atoms with Crippen molar-refractivity contribution >= 4 is 12.2 Å². The van der Waals surface area contributed by atoms with Crippen LogP contribution in [0.5, 0.6) is 11.5 Å². The molecule has 160 valence electrons. The van der Waals surface area contributed by atoms with Crippen molar-refractivity contribution in [3.63, 3.8) is 0 Å². The Morgan fingerprint density at radius 1 is 0.844 bits per heavy atom. The lowest BCUT2D eigenvalue weighted by Crippen LogP contribution is -2.01. The summed E-state index contributed by atoms with van der Waals surface area (Å²) < 4.78 is 10.8. The number of nitrogens with one attached hydrogen (secondary N) is 1. The first-order chi connectivity index (χ1) is 15.7. The molecule has 2 aromatic heterocycles. The summed E-state index contributed by atoms with van der Waals surface area (Å²) in [6.07, 6.45) is 5.11. The van der Waals surface area contributed by atoms with Gasteiger partial charge in [0, 0.05) is 29.1 Å². The van der Waals surface area contributed by atoms with E-state index in [-0.39, 0.29) is 0 Å². The second-order valence-corrected chi connectivity index (χ2v) is 7.05. The molecule has 0 amide bonds. The van der Waals surface area contributed by atoms with Crippen LogP contribution in [-0.4, -0.2) is 35.4 Å². The third-order valence-electron chi connectivity index (χ3n) is 4.82. The van der Waals surface area contributed by atoms with Gasteiger partial charge in [-0.3, -0.25) is 4.98 Å². The molecule has 0 saturated carbocycles. The smallest absolute Gasteiger partial charge is 0.244 e. The third kappa shape index (κ3) is 4.89. The minimum absolute atomic E-state index is 0.382. The number of ether oxygens (including phenoxy) is 2. The molecule has 4 aromatic rings. The van der Waals surface area contributed by atoms with E-state index >= 15 is 0 Å². The minimum atomic E-state index is 0.382. The minimum Gasteiger partial charge on any atom is -0.493 e. The van der Waals surface area contributed by atoms with Gasteiger partial charge in [-0.15, -0.1) is 0 Å². The number of benzene rings is 2. The Morgan fingerprint density at radius 2 is 1.56 bits per heavy atom. The van der Waals surface area contributed by atoms with E-state index in [1.807, 2.05) is 48.5 Å². The fraction of sp³-hybridized carbons (Fsp3) is 0.120. The zero-order valence-corrected chi connectivity index (χ0v) is 18.1. The molecule has 0 aliphatic rings. The Balaban J connectivity index is 1.73. The van der Waals surface area contributed by atoms with E-state index in [4.69, 9.17) is 9.47 Å². The highest BCUT2D eigenvalue weighted by atomic mass is 16.5. The monoisotopic (exact) mass is 425 g/mol. The van der Waals surface area contributed by atoms with E-state index in [1.165, 1.54) is 5.56 Å². The molecule has 0 atom stereocenters. The number of pyridine rings is 1. The number of hydrogen-bond donors (Lipinski definition) is 1. The summed E-state index contributed by atoms with van der Waals surface area (Å²) in [7, 11) is 3.22. The highest BCUT2D eigenvalue weighted by molar-refractivity contribution is 5.79. The van der Waals surface area contributed by atoms with Gasteiger partial charge < -0.3 is 9.47 Å². The Morgan fingerprint density at radius 3 is 2.25 bits per heavy atom. The second-order valence-electron chi connectivity index (χ2n) is 7.05. The van der Waals surface area contributed by atoms with Crippen molar-refractivity contribution in [3.05, 3.63) is 84.2 Å². The second kappa shape index (κ2) is 9.70. The molecular weight excluding hydrogens is 402 g/mol. The van der Waals surface area contributed by atoms with Gasteiger partial charge in [-0.25, -0.2) is 15.4 Å². The van der Waals surface area contributed by atoms with Crippen LogP contribution in [0.3, 0.4) is 0 Å². The predicted octanol–water partition coefficient (Wildman–Crippen LogP) is 4.98. The highest BCUT2D eigenvalue weighted by Crippen LogP contribution is 2.33. The molecule has 32 heavy (non-hydrogen) atoms. The van der Waals surface area contributed by atoms with Crippen LogP contribution < -0.4 is 14.9 Å². The molecule has 2 heterocycles. The molecule has 0 aliphatic carbocycles. The van der Waals surface area contributed by atoms with Crippen molar-refractivity contribution in [2.24, 2.45) is 5.10 Å². The van der Waals surface area contributed by atoms with Gasteiger partial charge in [0.15, 0.2) is 11.5 Å². The molecule has 7 heteroatoms. The molecule has 0 saturated heterocycles. The van der Waals surface area contributed by atoms with Gasteiger partial charge >= 0.3 is 0 Å². The van der Waals surface area contributed by atoms with E-state index in [0.29, 0.717) is 17.4 Å². The van der Waals surface area contributed by atoms with Gasteiger partial charge in [-0.2, -0.15) is 5.10 Å². The lowest BCUT2D eigenvalue weighted by molar-refractivity contribution is 0.355. The first kappa shape index (κ1) is 21.0. The molecule has 0 bridgehead atoms. The number of aromatic nitrogens is 3. The average molecular weight is 425 g/mol. The van der Waals surface area contributed by atoms with E-state index in [0.717, 1.165) is 28.1 Å². The van der Waals surface area contributed by atoms with Crippen LogP contribution in [0.1, 0.15) is 11.1 Å². The molecule has 0 aliphatic heterocycles.